The zero-order valence-corrected chi connectivity index (χ0v) is 23.8. The summed E-state index contributed by atoms with van der Waals surface area (Å²) in [7, 11) is 0. The summed E-state index contributed by atoms with van der Waals surface area (Å²) >= 11 is 0. The molecule has 4 saturated carbocycles. The second-order valence-corrected chi connectivity index (χ2v) is 14.7. The van der Waals surface area contributed by atoms with E-state index in [0.29, 0.717) is 0 Å². The van der Waals surface area contributed by atoms with E-state index in [2.05, 4.69) is 40.7 Å². The van der Waals surface area contributed by atoms with Crippen LogP contribution in [0.25, 0.3) is 0 Å². The van der Waals surface area contributed by atoms with Gasteiger partial charge in [-0.1, -0.05) is 73.3 Å². The van der Waals surface area contributed by atoms with Gasteiger partial charge in [0.05, 0.1) is 0 Å². The number of carbonyl (C=O) groups is 2. The molecule has 1 unspecified atom stereocenters. The summed E-state index contributed by atoms with van der Waals surface area (Å²) in [4.78, 5) is 27.6. The van der Waals surface area contributed by atoms with Crippen molar-refractivity contribution in [3.63, 3.8) is 0 Å². The molecule has 8 atom stereocenters. The van der Waals surface area contributed by atoms with Crippen LogP contribution in [0.15, 0.2) is 11.6 Å². The molecular weight excluding hydrogens is 497 g/mol. The topological polar surface area (TPSA) is 90.7 Å². The fourth-order valence-electron chi connectivity index (χ4n) is 10.2. The maximum Gasteiger partial charge on any atom is 0.240 e. The fourth-order valence-corrected chi connectivity index (χ4v) is 10.2. The van der Waals surface area contributed by atoms with E-state index >= 15 is 0 Å². The van der Waals surface area contributed by atoms with Gasteiger partial charge in [-0.2, -0.15) is 18.1 Å². The van der Waals surface area contributed by atoms with Crippen molar-refractivity contribution in [1.29, 1.82) is 5.26 Å². The van der Waals surface area contributed by atoms with Crippen molar-refractivity contribution < 1.29 is 36.2 Å². The molecule has 5 nitrogen and oxygen atoms in total. The predicted molar refractivity (Wildman–Crippen MR) is 131 cm³/mol. The number of hydrogen-bond acceptors (Lipinski definition) is 5. The summed E-state index contributed by atoms with van der Waals surface area (Å²) in [5.41, 5.74) is -4.08. The molecule has 0 aromatic rings. The molecule has 0 amide bonds. The number of nitriles is 1. The second kappa shape index (κ2) is 7.14. The molecule has 0 aromatic carbocycles. The second-order valence-electron chi connectivity index (χ2n) is 14.7. The smallest absolute Gasteiger partial charge is 0.240 e. The van der Waals surface area contributed by atoms with E-state index in [0.717, 1.165) is 50.5 Å². The van der Waals surface area contributed by atoms with Crippen LogP contribution in [0.5, 0.6) is 0 Å². The maximum atomic E-state index is 14.2. The summed E-state index contributed by atoms with van der Waals surface area (Å²) in [5, 5.41) is 22.6. The summed E-state index contributed by atoms with van der Waals surface area (Å²) < 4.78 is 6.04. The number of aliphatic hydroxyl groups is 1. The zero-order valence-electron chi connectivity index (χ0n) is 22.7. The molecule has 0 bridgehead atoms. The van der Waals surface area contributed by atoms with Gasteiger partial charge >= 0.3 is 0 Å². The van der Waals surface area contributed by atoms with E-state index in [9.17, 15) is 20.0 Å². The number of nitrogens with zero attached hydrogens (tertiary/aromatic N) is 1. The van der Waals surface area contributed by atoms with Gasteiger partial charge in [-0.25, -0.2) is 0 Å². The number of ether oxygens (including phenoxy) is 1. The van der Waals surface area contributed by atoms with Crippen molar-refractivity contribution >= 4 is 11.6 Å². The summed E-state index contributed by atoms with van der Waals surface area (Å²) in [6.07, 6.45) is 7.55. The first kappa shape index (κ1) is 26.6. The summed E-state index contributed by atoms with van der Waals surface area (Å²) in [5.74, 6) is 0.953. The maximum absolute atomic E-state index is 14.2. The molecule has 1 aliphatic heterocycles. The molecule has 6 rings (SSSR count). The molecule has 5 aliphatic carbocycles. The number of carbonyl (C=O) groups excluding carboxylic acids is 2. The van der Waals surface area contributed by atoms with E-state index < -0.39 is 39.0 Å². The molecule has 6 aliphatic rings. The van der Waals surface area contributed by atoms with Crippen LogP contribution in [-0.2, 0) is 31.1 Å². The van der Waals surface area contributed by atoms with Gasteiger partial charge in [0.15, 0.2) is 11.6 Å². The van der Waals surface area contributed by atoms with Crippen LogP contribution in [-0.4, -0.2) is 34.0 Å². The van der Waals surface area contributed by atoms with Gasteiger partial charge < -0.3 is 15.8 Å². The molecule has 1 N–H and O–H groups in total. The summed E-state index contributed by atoms with van der Waals surface area (Å²) in [6, 6.07) is 2.22. The van der Waals surface area contributed by atoms with Crippen molar-refractivity contribution in [3.8, 4) is 6.07 Å². The van der Waals surface area contributed by atoms with Crippen molar-refractivity contribution in [2.45, 2.75) is 111 Å². The van der Waals surface area contributed by atoms with Crippen LogP contribution in [0.3, 0.4) is 0 Å². The van der Waals surface area contributed by atoms with Gasteiger partial charge in [-0.15, -0.1) is 5.92 Å². The van der Waals surface area contributed by atoms with E-state index in [-0.39, 0.29) is 45.6 Å². The molecule has 6 heteroatoms. The molecule has 0 aromatic heterocycles. The minimum Gasteiger partial charge on any atom is -0.384 e. The van der Waals surface area contributed by atoms with Gasteiger partial charge in [-0.3, -0.25) is 9.59 Å². The van der Waals surface area contributed by atoms with E-state index in [1.165, 1.54) is 5.92 Å². The van der Waals surface area contributed by atoms with Crippen LogP contribution < -0.4 is 0 Å². The Morgan fingerprint density at radius 2 is 1.69 bits per heavy atom. The Bertz CT molecular complexity index is 1140. The molecule has 0 spiro atoms. The first-order valence-corrected chi connectivity index (χ1v) is 13.5. The zero-order chi connectivity index (χ0) is 25.6. The molecular formula is C30H40CoNO4-. The molecule has 5 fully saturated rings. The minimum atomic E-state index is -1.42. The standard InChI is InChI=1S/C30H40NO4.Co/c1-24(2)11-8-17-9-13-27(6)26(5)12-10-19-25(3,4)22(33)29(16-31)23(35-29)28(19,7)20(26)14-21(32)30(27,34)18(17)15-24;/h14,18-19,23,34H,8-13,15H2,1-7H3;/q-1;/t18?,19-,23+,26+,27-,28-,29-,30+;/m0./s1. The average molecular weight is 538 g/mol. The third-order valence-corrected chi connectivity index (χ3v) is 12.5. The molecule has 36 heavy (non-hydrogen) atoms. The first-order chi connectivity index (χ1) is 16.1. The number of ketones is 2. The fraction of sp³-hybridized carbons (Fsp3) is 0.800. The number of fused-ring (bicyclic) bond motifs is 9. The van der Waals surface area contributed by atoms with Crippen LogP contribution in [0.4, 0.5) is 0 Å². The predicted octanol–water partition coefficient (Wildman–Crippen LogP) is 5.12. The van der Waals surface area contributed by atoms with Crippen LogP contribution in [0.1, 0.15) is 93.4 Å². The van der Waals surface area contributed by atoms with Gasteiger partial charge in [0.2, 0.25) is 5.60 Å². The monoisotopic (exact) mass is 537 g/mol. The third-order valence-electron chi connectivity index (χ3n) is 12.5. The minimum absolute atomic E-state index is 0. The van der Waals surface area contributed by atoms with Crippen molar-refractivity contribution in [1.82, 2.24) is 0 Å². The Kier molecular flexibility index (Phi) is 5.28. The Morgan fingerprint density at radius 1 is 1.06 bits per heavy atom. The largest absolute Gasteiger partial charge is 0.384 e. The Morgan fingerprint density at radius 3 is 2.33 bits per heavy atom. The number of hydrogen-bond donors (Lipinski definition) is 1. The van der Waals surface area contributed by atoms with Crippen molar-refractivity contribution in [2.75, 3.05) is 0 Å². The first-order valence-electron chi connectivity index (χ1n) is 13.5. The van der Waals surface area contributed by atoms with Gasteiger partial charge in [-0.05, 0) is 35.7 Å². The molecule has 1 heterocycles. The van der Waals surface area contributed by atoms with Gasteiger partial charge in [0, 0.05) is 33.0 Å². The SMILES string of the molecule is CC1(C)CC[C-]2CC[C@@]3(C)[C@]4(C)CC[C@H]5C(C)(C)C(=O)[C@]6(C#N)O[C@@H]6[C@]5(C)C4=CC(=O)[C@]3(O)C2C1.[Co]. The number of epoxide rings is 1. The molecule has 1 radical (unpaired) electrons. The van der Waals surface area contributed by atoms with E-state index in [1.807, 2.05) is 13.8 Å². The molecule has 199 valence electrons. The van der Waals surface area contributed by atoms with Gasteiger partial charge in [0.1, 0.15) is 17.8 Å². The van der Waals surface area contributed by atoms with E-state index in [4.69, 9.17) is 4.74 Å². The average Bonchev–Trinajstić information content (AvgIpc) is 3.54. The van der Waals surface area contributed by atoms with Crippen molar-refractivity contribution in [3.05, 3.63) is 17.6 Å². The van der Waals surface area contributed by atoms with Crippen LogP contribution in [0, 0.1) is 56.2 Å². The Hall–Kier alpha value is -1.00. The Balaban J connectivity index is 0.00000267. The van der Waals surface area contributed by atoms with Gasteiger partial charge in [0.25, 0.3) is 0 Å². The third kappa shape index (κ3) is 2.60. The van der Waals surface area contributed by atoms with Crippen LogP contribution in [0.2, 0.25) is 0 Å². The summed E-state index contributed by atoms with van der Waals surface area (Å²) in [6.45, 7) is 15.0. The quantitative estimate of drug-likeness (QED) is 0.342. The molecule has 1 saturated heterocycles. The number of rotatable bonds is 0. The normalized spacial score (nSPS) is 52.2. The number of Topliss-reactive ketones (excluding diaryl/α,β-unsaturated/α-hetero) is 1. The van der Waals surface area contributed by atoms with Crippen molar-refractivity contribution in [2.24, 2.45) is 38.9 Å². The Labute approximate surface area is 226 Å². The van der Waals surface area contributed by atoms with E-state index in [1.54, 1.807) is 6.08 Å². The van der Waals surface area contributed by atoms with Crippen LogP contribution >= 0.6 is 0 Å².